The summed E-state index contributed by atoms with van der Waals surface area (Å²) in [4.78, 5) is 25.5. The van der Waals surface area contributed by atoms with Crippen LogP contribution in [0.15, 0.2) is 53.5 Å². The van der Waals surface area contributed by atoms with Crippen molar-refractivity contribution >= 4 is 22.5 Å². The van der Waals surface area contributed by atoms with Crippen LogP contribution in [0.2, 0.25) is 0 Å². The van der Waals surface area contributed by atoms with Crippen LogP contribution in [0.3, 0.4) is 0 Å². The molecule has 0 fully saturated rings. The fourth-order valence-electron chi connectivity index (χ4n) is 3.57. The van der Waals surface area contributed by atoms with Crippen LogP contribution in [-0.2, 0) is 12.8 Å². The zero-order chi connectivity index (χ0) is 18.3. The quantitative estimate of drug-likeness (QED) is 0.791. The second-order valence-electron chi connectivity index (χ2n) is 6.63. The highest BCUT2D eigenvalue weighted by Crippen LogP contribution is 2.30. The Morgan fingerprint density at radius 3 is 2.77 bits per heavy atom. The van der Waals surface area contributed by atoms with E-state index in [0.717, 1.165) is 23.1 Å². The van der Waals surface area contributed by atoms with Gasteiger partial charge in [0.25, 0.3) is 5.91 Å². The Kier molecular flexibility index (Phi) is 3.81. The fraction of sp³-hybridized carbons (Fsp3) is 0.190. The first-order valence-corrected chi connectivity index (χ1v) is 8.52. The maximum atomic E-state index is 12.8. The van der Waals surface area contributed by atoms with E-state index in [4.69, 9.17) is 5.26 Å². The summed E-state index contributed by atoms with van der Waals surface area (Å²) in [6, 6.07) is 15.0. The molecular formula is C21H17N3O2. The van der Waals surface area contributed by atoms with Crippen molar-refractivity contribution in [1.82, 2.24) is 4.57 Å². The van der Waals surface area contributed by atoms with E-state index in [2.05, 4.69) is 18.3 Å². The third-order valence-corrected chi connectivity index (χ3v) is 4.87. The van der Waals surface area contributed by atoms with Gasteiger partial charge in [0.05, 0.1) is 18.0 Å². The van der Waals surface area contributed by atoms with Crippen molar-refractivity contribution in [2.24, 2.45) is 0 Å². The monoisotopic (exact) mass is 343 g/mol. The van der Waals surface area contributed by atoms with Crippen molar-refractivity contribution in [2.45, 2.75) is 25.8 Å². The number of aromatic nitrogens is 1. The van der Waals surface area contributed by atoms with Gasteiger partial charge in [-0.1, -0.05) is 24.3 Å². The number of anilines is 1. The van der Waals surface area contributed by atoms with Crippen molar-refractivity contribution in [3.05, 3.63) is 75.6 Å². The zero-order valence-electron chi connectivity index (χ0n) is 14.3. The Morgan fingerprint density at radius 2 is 2.04 bits per heavy atom. The smallest absolute Gasteiger partial charge is 0.261 e. The molecular weight excluding hydrogens is 326 g/mol. The molecule has 1 aliphatic rings. The van der Waals surface area contributed by atoms with E-state index in [-0.39, 0.29) is 17.0 Å². The topological polar surface area (TPSA) is 74.9 Å². The molecule has 26 heavy (non-hydrogen) atoms. The number of para-hydroxylation sites is 1. The van der Waals surface area contributed by atoms with Gasteiger partial charge in [-0.05, 0) is 42.7 Å². The van der Waals surface area contributed by atoms with Gasteiger partial charge in [0.2, 0.25) is 5.43 Å². The van der Waals surface area contributed by atoms with Crippen LogP contribution in [-0.4, -0.2) is 10.5 Å². The molecule has 0 spiro atoms. The van der Waals surface area contributed by atoms with E-state index < -0.39 is 5.91 Å². The molecule has 5 nitrogen and oxygen atoms in total. The number of benzene rings is 2. The normalized spacial score (nSPS) is 15.0. The van der Waals surface area contributed by atoms with Gasteiger partial charge in [0.15, 0.2) is 0 Å². The minimum absolute atomic E-state index is 0.143. The number of pyridine rings is 1. The van der Waals surface area contributed by atoms with E-state index in [1.165, 1.54) is 0 Å². The van der Waals surface area contributed by atoms with Crippen molar-refractivity contribution < 1.29 is 4.79 Å². The molecule has 4 rings (SSSR count). The lowest BCUT2D eigenvalue weighted by Gasteiger charge is -2.13. The first-order valence-electron chi connectivity index (χ1n) is 8.52. The minimum atomic E-state index is -0.418. The average Bonchev–Trinajstić information content (AvgIpc) is 2.96. The molecule has 3 aromatic rings. The van der Waals surface area contributed by atoms with Crippen LogP contribution in [0.4, 0.5) is 5.69 Å². The van der Waals surface area contributed by atoms with E-state index in [1.54, 1.807) is 36.5 Å². The largest absolute Gasteiger partial charge is 0.343 e. The highest BCUT2D eigenvalue weighted by Gasteiger charge is 2.24. The summed E-state index contributed by atoms with van der Waals surface area (Å²) in [5, 5.41) is 12.1. The molecule has 0 saturated heterocycles. The number of nitriles is 1. The molecule has 0 aliphatic carbocycles. The maximum absolute atomic E-state index is 12.8. The van der Waals surface area contributed by atoms with Gasteiger partial charge in [-0.25, -0.2) is 0 Å². The molecule has 0 bridgehead atoms. The third kappa shape index (κ3) is 2.56. The van der Waals surface area contributed by atoms with Gasteiger partial charge >= 0.3 is 0 Å². The summed E-state index contributed by atoms with van der Waals surface area (Å²) in [5.41, 5.74) is 3.45. The Bertz CT molecular complexity index is 1120. The predicted molar refractivity (Wildman–Crippen MR) is 100 cm³/mol. The van der Waals surface area contributed by atoms with Crippen LogP contribution in [0.5, 0.6) is 0 Å². The van der Waals surface area contributed by atoms with Crippen molar-refractivity contribution in [3.63, 3.8) is 0 Å². The lowest BCUT2D eigenvalue weighted by atomic mass is 10.1. The van der Waals surface area contributed by atoms with Crippen LogP contribution in [0.1, 0.15) is 34.5 Å². The van der Waals surface area contributed by atoms with Crippen molar-refractivity contribution in [2.75, 3.05) is 5.32 Å². The first kappa shape index (κ1) is 16.1. The van der Waals surface area contributed by atoms with Crippen LogP contribution >= 0.6 is 0 Å². The minimum Gasteiger partial charge on any atom is -0.343 e. The Balaban J connectivity index is 1.71. The van der Waals surface area contributed by atoms with Crippen LogP contribution in [0, 0.1) is 11.3 Å². The molecule has 2 aromatic carbocycles. The van der Waals surface area contributed by atoms with Gasteiger partial charge in [-0.3, -0.25) is 9.59 Å². The lowest BCUT2D eigenvalue weighted by molar-refractivity contribution is 0.102. The molecule has 5 heteroatoms. The average molecular weight is 343 g/mol. The molecule has 1 aliphatic heterocycles. The zero-order valence-corrected chi connectivity index (χ0v) is 14.3. The van der Waals surface area contributed by atoms with E-state index in [0.29, 0.717) is 17.5 Å². The molecule has 0 saturated carbocycles. The van der Waals surface area contributed by atoms with Crippen LogP contribution in [0.25, 0.3) is 10.9 Å². The van der Waals surface area contributed by atoms with E-state index in [9.17, 15) is 9.59 Å². The summed E-state index contributed by atoms with van der Waals surface area (Å²) in [7, 11) is 0. The standard InChI is InChI=1S/C21H17N3O2/c1-13-11-15-3-2-4-17-19(15)24(13)12-18(20(17)25)21(26)23-16-7-5-14(6-8-16)9-10-22/h2-8,12-13H,9,11H2,1H3,(H,23,26)/t13-/m1/s1. The number of rotatable bonds is 3. The first-order chi connectivity index (χ1) is 12.6. The molecule has 0 radical (unpaired) electrons. The Labute approximate surface area is 150 Å². The molecule has 1 amide bonds. The third-order valence-electron chi connectivity index (χ3n) is 4.87. The van der Waals surface area contributed by atoms with E-state index in [1.807, 2.05) is 16.7 Å². The Hall–Kier alpha value is -3.39. The van der Waals surface area contributed by atoms with Gasteiger partial charge < -0.3 is 9.88 Å². The summed E-state index contributed by atoms with van der Waals surface area (Å²) < 4.78 is 2.02. The summed E-state index contributed by atoms with van der Waals surface area (Å²) >= 11 is 0. The number of carbonyl (C=O) groups excluding carboxylic acids is 1. The number of amides is 1. The second kappa shape index (κ2) is 6.16. The summed E-state index contributed by atoms with van der Waals surface area (Å²) in [6.45, 7) is 2.08. The molecule has 0 unspecified atom stereocenters. The van der Waals surface area contributed by atoms with Gasteiger partial charge in [-0.15, -0.1) is 0 Å². The second-order valence-corrected chi connectivity index (χ2v) is 6.63. The molecule has 1 aromatic heterocycles. The number of hydrogen-bond acceptors (Lipinski definition) is 3. The number of nitrogens with one attached hydrogen (secondary N) is 1. The molecule has 2 heterocycles. The fourth-order valence-corrected chi connectivity index (χ4v) is 3.57. The number of nitrogens with zero attached hydrogens (tertiary/aromatic N) is 2. The highest BCUT2D eigenvalue weighted by atomic mass is 16.2. The van der Waals surface area contributed by atoms with Crippen molar-refractivity contribution in [1.29, 1.82) is 5.26 Å². The lowest BCUT2D eigenvalue weighted by Crippen LogP contribution is -2.23. The van der Waals surface area contributed by atoms with Gasteiger partial charge in [-0.2, -0.15) is 5.26 Å². The summed E-state index contributed by atoms with van der Waals surface area (Å²) in [6.07, 6.45) is 2.86. The van der Waals surface area contributed by atoms with Gasteiger partial charge in [0, 0.05) is 23.3 Å². The van der Waals surface area contributed by atoms with Crippen molar-refractivity contribution in [3.8, 4) is 6.07 Å². The van der Waals surface area contributed by atoms with E-state index >= 15 is 0 Å². The summed E-state index contributed by atoms with van der Waals surface area (Å²) in [5.74, 6) is -0.418. The van der Waals surface area contributed by atoms with Gasteiger partial charge in [0.1, 0.15) is 5.56 Å². The van der Waals surface area contributed by atoms with Crippen LogP contribution < -0.4 is 10.7 Å². The molecule has 1 atom stereocenters. The number of carbonyl (C=O) groups is 1. The SMILES string of the molecule is C[C@@H]1Cc2cccc3c(=O)c(C(=O)Nc4ccc(CC#N)cc4)cn1c23. The predicted octanol–water partition coefficient (Wildman–Crippen LogP) is 3.44. The molecule has 1 N–H and O–H groups in total. The highest BCUT2D eigenvalue weighted by molar-refractivity contribution is 6.06. The molecule has 128 valence electrons. The number of hydrogen-bond donors (Lipinski definition) is 1. The maximum Gasteiger partial charge on any atom is 0.261 e. The Morgan fingerprint density at radius 1 is 1.27 bits per heavy atom.